The largest absolute Gasteiger partial charge is 0.573 e. The van der Waals surface area contributed by atoms with Crippen molar-refractivity contribution < 1.29 is 17.9 Å². The van der Waals surface area contributed by atoms with Gasteiger partial charge in [-0.15, -0.1) is 13.2 Å². The molecule has 5 heteroatoms. The van der Waals surface area contributed by atoms with Crippen molar-refractivity contribution in [3.8, 4) is 5.75 Å². The number of pyridine rings is 1. The first-order valence-electron chi connectivity index (χ1n) is 5.12. The third-order valence-corrected chi connectivity index (χ3v) is 2.35. The van der Waals surface area contributed by atoms with E-state index in [1.54, 1.807) is 6.20 Å². The Balaban J connectivity index is 2.41. The molecular weight excluding hydrogens is 231 g/mol. The second-order valence-electron chi connectivity index (χ2n) is 3.60. The molecule has 0 amide bonds. The molecule has 1 heterocycles. The predicted molar refractivity (Wildman–Crippen MR) is 57.8 cm³/mol. The minimum absolute atomic E-state index is 0.222. The molecule has 2 nitrogen and oxygen atoms in total. The van der Waals surface area contributed by atoms with Gasteiger partial charge in [-0.05, 0) is 36.2 Å². The van der Waals surface area contributed by atoms with Gasteiger partial charge in [-0.1, -0.05) is 6.92 Å². The van der Waals surface area contributed by atoms with E-state index >= 15 is 0 Å². The van der Waals surface area contributed by atoms with E-state index < -0.39 is 6.36 Å². The van der Waals surface area contributed by atoms with Gasteiger partial charge < -0.3 is 4.74 Å². The van der Waals surface area contributed by atoms with Crippen LogP contribution in [0.25, 0.3) is 10.9 Å². The first-order chi connectivity index (χ1) is 7.98. The monoisotopic (exact) mass is 241 g/mol. The number of hydrogen-bond donors (Lipinski definition) is 0. The van der Waals surface area contributed by atoms with Crippen LogP contribution >= 0.6 is 0 Å². The maximum absolute atomic E-state index is 12.0. The number of nitrogens with zero attached hydrogens (tertiary/aromatic N) is 1. The summed E-state index contributed by atoms with van der Waals surface area (Å²) in [6.45, 7) is 1.96. The molecule has 0 aliphatic heterocycles. The van der Waals surface area contributed by atoms with Crippen LogP contribution in [0.5, 0.6) is 5.75 Å². The van der Waals surface area contributed by atoms with Crippen LogP contribution in [0.15, 0.2) is 30.5 Å². The molecule has 17 heavy (non-hydrogen) atoms. The molecule has 0 saturated heterocycles. The zero-order valence-electron chi connectivity index (χ0n) is 9.08. The van der Waals surface area contributed by atoms with Crippen LogP contribution in [0.4, 0.5) is 13.2 Å². The normalized spacial score (nSPS) is 11.8. The molecule has 0 unspecified atom stereocenters. The number of ether oxygens (including phenoxy) is 1. The topological polar surface area (TPSA) is 22.1 Å². The fourth-order valence-corrected chi connectivity index (χ4v) is 1.55. The number of benzene rings is 1. The number of halogens is 3. The van der Waals surface area contributed by atoms with Gasteiger partial charge in [0.05, 0.1) is 5.52 Å². The van der Waals surface area contributed by atoms with Crippen LogP contribution in [-0.2, 0) is 6.42 Å². The summed E-state index contributed by atoms with van der Waals surface area (Å²) in [6.07, 6.45) is -2.16. The van der Waals surface area contributed by atoms with E-state index in [9.17, 15) is 13.2 Å². The Labute approximate surface area is 96.0 Å². The predicted octanol–water partition coefficient (Wildman–Crippen LogP) is 3.70. The Bertz CT molecular complexity index is 537. The maximum Gasteiger partial charge on any atom is 0.573 e. The first-order valence-corrected chi connectivity index (χ1v) is 5.12. The molecule has 0 spiro atoms. The fraction of sp³-hybridized carbons (Fsp3) is 0.250. The van der Waals surface area contributed by atoms with E-state index in [0.29, 0.717) is 10.9 Å². The lowest BCUT2D eigenvalue weighted by atomic mass is 10.1. The third-order valence-electron chi connectivity index (χ3n) is 2.35. The molecule has 2 rings (SSSR count). The summed E-state index contributed by atoms with van der Waals surface area (Å²) in [6, 6.07) is 5.92. The molecule has 0 aliphatic rings. The summed E-state index contributed by atoms with van der Waals surface area (Å²) in [5.74, 6) is -0.222. The highest BCUT2D eigenvalue weighted by atomic mass is 19.4. The number of aromatic nitrogens is 1. The van der Waals surface area contributed by atoms with Gasteiger partial charge in [-0.25, -0.2) is 0 Å². The van der Waals surface area contributed by atoms with Crippen molar-refractivity contribution in [2.45, 2.75) is 19.7 Å². The lowest BCUT2D eigenvalue weighted by Gasteiger charge is -2.09. The maximum atomic E-state index is 12.0. The van der Waals surface area contributed by atoms with Gasteiger partial charge in [-0.2, -0.15) is 0 Å². The molecule has 0 atom stereocenters. The fourth-order valence-electron chi connectivity index (χ4n) is 1.55. The summed E-state index contributed by atoms with van der Waals surface area (Å²) in [5.41, 5.74) is 1.62. The molecule has 0 aliphatic carbocycles. The molecule has 1 aromatic heterocycles. The van der Waals surface area contributed by atoms with Crippen molar-refractivity contribution in [3.05, 3.63) is 36.0 Å². The minimum atomic E-state index is -4.66. The van der Waals surface area contributed by atoms with Crippen molar-refractivity contribution in [2.75, 3.05) is 0 Å². The molecule has 90 valence electrons. The Kier molecular flexibility index (Phi) is 2.92. The number of aryl methyl sites for hydroxylation is 1. The Morgan fingerprint density at radius 2 is 2.00 bits per heavy atom. The molecule has 0 fully saturated rings. The summed E-state index contributed by atoms with van der Waals surface area (Å²) in [4.78, 5) is 4.15. The Morgan fingerprint density at radius 1 is 1.24 bits per heavy atom. The molecular formula is C12H10F3NO. The number of hydrogen-bond acceptors (Lipinski definition) is 2. The first kappa shape index (κ1) is 11.7. The van der Waals surface area contributed by atoms with Crippen molar-refractivity contribution >= 4 is 10.9 Å². The van der Waals surface area contributed by atoms with Crippen molar-refractivity contribution in [2.24, 2.45) is 0 Å². The molecule has 0 N–H and O–H groups in total. The second kappa shape index (κ2) is 4.24. The zero-order chi connectivity index (χ0) is 12.5. The van der Waals surface area contributed by atoms with E-state index in [-0.39, 0.29) is 5.75 Å². The van der Waals surface area contributed by atoms with Gasteiger partial charge in [0, 0.05) is 11.6 Å². The van der Waals surface area contributed by atoms with Crippen molar-refractivity contribution in [1.82, 2.24) is 4.98 Å². The van der Waals surface area contributed by atoms with Crippen LogP contribution in [0, 0.1) is 0 Å². The molecule has 0 radical (unpaired) electrons. The van der Waals surface area contributed by atoms with Crippen molar-refractivity contribution in [3.63, 3.8) is 0 Å². The number of alkyl halides is 3. The highest BCUT2D eigenvalue weighted by Gasteiger charge is 2.31. The van der Waals surface area contributed by atoms with E-state index in [1.165, 1.54) is 18.2 Å². The summed E-state index contributed by atoms with van der Waals surface area (Å²) in [7, 11) is 0. The second-order valence-corrected chi connectivity index (χ2v) is 3.60. The van der Waals surface area contributed by atoms with Crippen LogP contribution in [0.2, 0.25) is 0 Å². The molecule has 2 aromatic rings. The number of rotatable bonds is 2. The molecule has 0 saturated carbocycles. The Morgan fingerprint density at radius 3 is 2.65 bits per heavy atom. The van der Waals surface area contributed by atoms with E-state index in [2.05, 4.69) is 9.72 Å². The lowest BCUT2D eigenvalue weighted by molar-refractivity contribution is -0.274. The molecule has 1 aromatic carbocycles. The highest BCUT2D eigenvalue weighted by Crippen LogP contribution is 2.26. The lowest BCUT2D eigenvalue weighted by Crippen LogP contribution is -2.17. The van der Waals surface area contributed by atoms with Gasteiger partial charge >= 0.3 is 6.36 Å². The summed E-state index contributed by atoms with van der Waals surface area (Å²) >= 11 is 0. The minimum Gasteiger partial charge on any atom is -0.406 e. The van der Waals surface area contributed by atoms with Gasteiger partial charge in [0.2, 0.25) is 0 Å². The average molecular weight is 241 g/mol. The van der Waals surface area contributed by atoms with Crippen LogP contribution in [-0.4, -0.2) is 11.3 Å². The smallest absolute Gasteiger partial charge is 0.406 e. The highest BCUT2D eigenvalue weighted by molar-refractivity contribution is 5.80. The van der Waals surface area contributed by atoms with Crippen LogP contribution < -0.4 is 4.74 Å². The third kappa shape index (κ3) is 2.87. The van der Waals surface area contributed by atoms with E-state index in [4.69, 9.17) is 0 Å². The average Bonchev–Trinajstić information content (AvgIpc) is 2.26. The van der Waals surface area contributed by atoms with Gasteiger partial charge in [-0.3, -0.25) is 4.98 Å². The summed E-state index contributed by atoms with van der Waals surface area (Å²) in [5, 5.41) is 0.645. The number of fused-ring (bicyclic) bond motifs is 1. The van der Waals surface area contributed by atoms with E-state index in [1.807, 2.05) is 13.0 Å². The Hall–Kier alpha value is -1.78. The van der Waals surface area contributed by atoms with Gasteiger partial charge in [0.15, 0.2) is 0 Å². The zero-order valence-corrected chi connectivity index (χ0v) is 9.08. The van der Waals surface area contributed by atoms with Crippen LogP contribution in [0.1, 0.15) is 12.5 Å². The van der Waals surface area contributed by atoms with Crippen molar-refractivity contribution in [1.29, 1.82) is 0 Å². The standard InChI is InChI=1S/C12H10F3NO/c1-2-8-5-9-6-10(17-12(13,14)15)3-4-11(9)16-7-8/h3-7H,2H2,1H3. The van der Waals surface area contributed by atoms with Crippen LogP contribution in [0.3, 0.4) is 0 Å². The quantitative estimate of drug-likeness (QED) is 0.799. The van der Waals surface area contributed by atoms with Gasteiger partial charge in [0.1, 0.15) is 5.75 Å². The molecule has 0 bridgehead atoms. The van der Waals surface area contributed by atoms with Gasteiger partial charge in [0.25, 0.3) is 0 Å². The SMILES string of the molecule is CCc1cnc2ccc(OC(F)(F)F)cc2c1. The van der Waals surface area contributed by atoms with E-state index in [0.717, 1.165) is 12.0 Å². The summed E-state index contributed by atoms with van der Waals surface area (Å²) < 4.78 is 40.0.